The third-order valence-corrected chi connectivity index (χ3v) is 3.43. The summed E-state index contributed by atoms with van der Waals surface area (Å²) < 4.78 is 5.12. The first-order chi connectivity index (χ1) is 8.07. The molecule has 0 unspecified atom stereocenters. The Bertz CT molecular complexity index is 439. The molecule has 0 bridgehead atoms. The van der Waals surface area contributed by atoms with Gasteiger partial charge in [-0.15, -0.1) is 0 Å². The highest BCUT2D eigenvalue weighted by Gasteiger charge is 2.36. The number of hydrogen-bond donors (Lipinski definition) is 1. The second-order valence-corrected chi connectivity index (χ2v) is 4.50. The summed E-state index contributed by atoms with van der Waals surface area (Å²) in [6, 6.07) is 4.77. The maximum absolute atomic E-state index is 11.0. The zero-order valence-electron chi connectivity index (χ0n) is 9.81. The van der Waals surface area contributed by atoms with Crippen molar-refractivity contribution in [1.29, 1.82) is 0 Å². The van der Waals surface area contributed by atoms with Gasteiger partial charge in [0.25, 0.3) is 5.69 Å². The van der Waals surface area contributed by atoms with E-state index in [0.717, 1.165) is 25.7 Å². The van der Waals surface area contributed by atoms with Crippen LogP contribution in [0.15, 0.2) is 18.2 Å². The van der Waals surface area contributed by atoms with Crippen molar-refractivity contribution >= 4 is 5.69 Å². The van der Waals surface area contributed by atoms with E-state index in [4.69, 9.17) is 10.5 Å². The number of hydrogen-bond acceptors (Lipinski definition) is 4. The van der Waals surface area contributed by atoms with E-state index in [1.54, 1.807) is 19.2 Å². The van der Waals surface area contributed by atoms with Gasteiger partial charge in [0.2, 0.25) is 0 Å². The number of benzene rings is 1. The summed E-state index contributed by atoms with van der Waals surface area (Å²) >= 11 is 0. The minimum absolute atomic E-state index is 0.0928. The van der Waals surface area contributed by atoms with Crippen LogP contribution in [-0.4, -0.2) is 12.0 Å². The van der Waals surface area contributed by atoms with E-state index in [2.05, 4.69) is 0 Å². The van der Waals surface area contributed by atoms with Gasteiger partial charge < -0.3 is 10.5 Å². The van der Waals surface area contributed by atoms with Gasteiger partial charge >= 0.3 is 0 Å². The van der Waals surface area contributed by atoms with Gasteiger partial charge in [0.15, 0.2) is 0 Å². The summed E-state index contributed by atoms with van der Waals surface area (Å²) in [6.45, 7) is 0. The Morgan fingerprint density at radius 2 is 2.06 bits per heavy atom. The van der Waals surface area contributed by atoms with Crippen LogP contribution in [-0.2, 0) is 5.54 Å². The topological polar surface area (TPSA) is 78.4 Å². The predicted molar refractivity (Wildman–Crippen MR) is 64.0 cm³/mol. The zero-order chi connectivity index (χ0) is 12.5. The molecule has 0 spiro atoms. The lowest BCUT2D eigenvalue weighted by atomic mass is 9.88. The molecule has 1 aliphatic carbocycles. The van der Waals surface area contributed by atoms with Crippen LogP contribution in [0.5, 0.6) is 5.75 Å². The molecule has 1 aromatic rings. The molecule has 0 heterocycles. The molecule has 1 aromatic carbocycles. The van der Waals surface area contributed by atoms with Gasteiger partial charge in [0.05, 0.1) is 17.6 Å². The van der Waals surface area contributed by atoms with Gasteiger partial charge in [0.1, 0.15) is 5.75 Å². The molecular formula is C12H16N2O3. The average molecular weight is 236 g/mol. The first-order valence-corrected chi connectivity index (χ1v) is 5.68. The Labute approximate surface area is 99.7 Å². The fourth-order valence-electron chi connectivity index (χ4n) is 2.48. The van der Waals surface area contributed by atoms with Gasteiger partial charge in [-0.05, 0) is 25.0 Å². The van der Waals surface area contributed by atoms with Crippen molar-refractivity contribution in [2.24, 2.45) is 5.73 Å². The molecular weight excluding hydrogens is 220 g/mol. The number of nitro groups is 1. The number of nitrogens with two attached hydrogens (primary N) is 1. The third kappa shape index (κ3) is 2.10. The second kappa shape index (κ2) is 4.33. The van der Waals surface area contributed by atoms with Crippen LogP contribution >= 0.6 is 0 Å². The van der Waals surface area contributed by atoms with Gasteiger partial charge in [-0.2, -0.15) is 0 Å². The van der Waals surface area contributed by atoms with Crippen molar-refractivity contribution in [3.05, 3.63) is 33.9 Å². The highest BCUT2D eigenvalue weighted by atomic mass is 16.6. The maximum Gasteiger partial charge on any atom is 0.274 e. The van der Waals surface area contributed by atoms with Crippen molar-refractivity contribution in [1.82, 2.24) is 0 Å². The van der Waals surface area contributed by atoms with E-state index in [0.29, 0.717) is 11.3 Å². The Kier molecular flexibility index (Phi) is 3.02. The standard InChI is InChI=1S/C12H16N2O3/c1-17-9-4-5-11(14(15)16)10(8-9)12(13)6-2-3-7-12/h4-5,8H,2-3,6-7,13H2,1H3. The largest absolute Gasteiger partial charge is 0.497 e. The van der Waals surface area contributed by atoms with Crippen LogP contribution < -0.4 is 10.5 Å². The average Bonchev–Trinajstić information content (AvgIpc) is 2.76. The van der Waals surface area contributed by atoms with E-state index >= 15 is 0 Å². The highest BCUT2D eigenvalue weighted by Crippen LogP contribution is 2.41. The molecule has 17 heavy (non-hydrogen) atoms. The van der Waals surface area contributed by atoms with E-state index in [1.807, 2.05) is 0 Å². The Hall–Kier alpha value is -1.62. The Balaban J connectivity index is 2.51. The van der Waals surface area contributed by atoms with Gasteiger partial charge in [-0.3, -0.25) is 10.1 Å². The fraction of sp³-hybridized carbons (Fsp3) is 0.500. The van der Waals surface area contributed by atoms with Crippen molar-refractivity contribution in [2.45, 2.75) is 31.2 Å². The molecule has 92 valence electrons. The lowest BCUT2D eigenvalue weighted by molar-refractivity contribution is -0.386. The number of rotatable bonds is 3. The molecule has 2 rings (SSSR count). The van der Waals surface area contributed by atoms with E-state index in [9.17, 15) is 10.1 Å². The second-order valence-electron chi connectivity index (χ2n) is 4.50. The molecule has 0 amide bonds. The van der Waals surface area contributed by atoms with Crippen molar-refractivity contribution in [2.75, 3.05) is 7.11 Å². The molecule has 0 saturated heterocycles. The van der Waals surface area contributed by atoms with E-state index < -0.39 is 5.54 Å². The van der Waals surface area contributed by atoms with Crippen LogP contribution in [0.25, 0.3) is 0 Å². The minimum Gasteiger partial charge on any atom is -0.497 e. The Morgan fingerprint density at radius 1 is 1.41 bits per heavy atom. The van der Waals surface area contributed by atoms with Crippen LogP contribution in [0.1, 0.15) is 31.2 Å². The monoisotopic (exact) mass is 236 g/mol. The number of methoxy groups -OCH3 is 1. The van der Waals surface area contributed by atoms with Crippen molar-refractivity contribution in [3.8, 4) is 5.75 Å². The molecule has 0 radical (unpaired) electrons. The minimum atomic E-state index is -0.572. The Morgan fingerprint density at radius 3 is 2.59 bits per heavy atom. The first kappa shape index (κ1) is 11.9. The quantitative estimate of drug-likeness (QED) is 0.645. The molecule has 1 saturated carbocycles. The molecule has 0 atom stereocenters. The van der Waals surface area contributed by atoms with Crippen LogP contribution in [0.4, 0.5) is 5.69 Å². The zero-order valence-corrected chi connectivity index (χ0v) is 9.81. The lowest BCUT2D eigenvalue weighted by Gasteiger charge is -2.24. The van der Waals surface area contributed by atoms with Crippen molar-refractivity contribution in [3.63, 3.8) is 0 Å². The fourth-order valence-corrected chi connectivity index (χ4v) is 2.48. The highest BCUT2D eigenvalue weighted by molar-refractivity contribution is 5.49. The molecule has 0 aliphatic heterocycles. The predicted octanol–water partition coefficient (Wildman–Crippen LogP) is 2.33. The summed E-state index contributed by atoms with van der Waals surface area (Å²) in [4.78, 5) is 10.7. The number of nitrogens with zero attached hydrogens (tertiary/aromatic N) is 1. The number of ether oxygens (including phenoxy) is 1. The van der Waals surface area contributed by atoms with Gasteiger partial charge in [-0.25, -0.2) is 0 Å². The smallest absolute Gasteiger partial charge is 0.274 e. The molecule has 5 nitrogen and oxygen atoms in total. The van der Waals surface area contributed by atoms with Crippen LogP contribution in [0.2, 0.25) is 0 Å². The van der Waals surface area contributed by atoms with E-state index in [1.165, 1.54) is 6.07 Å². The third-order valence-electron chi connectivity index (χ3n) is 3.43. The first-order valence-electron chi connectivity index (χ1n) is 5.68. The SMILES string of the molecule is COc1ccc([N+](=O)[O-])c(C2(N)CCCC2)c1. The summed E-state index contributed by atoms with van der Waals surface area (Å²) in [6.07, 6.45) is 3.62. The van der Waals surface area contributed by atoms with Gasteiger partial charge in [0, 0.05) is 11.6 Å². The molecule has 2 N–H and O–H groups in total. The molecule has 0 aromatic heterocycles. The van der Waals surface area contributed by atoms with Crippen molar-refractivity contribution < 1.29 is 9.66 Å². The molecule has 1 fully saturated rings. The number of nitro benzene ring substituents is 1. The summed E-state index contributed by atoms with van der Waals surface area (Å²) in [7, 11) is 1.54. The van der Waals surface area contributed by atoms with E-state index in [-0.39, 0.29) is 10.6 Å². The summed E-state index contributed by atoms with van der Waals surface area (Å²) in [5.74, 6) is 0.613. The molecule has 5 heteroatoms. The van der Waals surface area contributed by atoms with Gasteiger partial charge in [-0.1, -0.05) is 12.8 Å². The summed E-state index contributed by atoms with van der Waals surface area (Å²) in [5, 5.41) is 11.0. The summed E-state index contributed by atoms with van der Waals surface area (Å²) in [5.41, 5.74) is 6.40. The molecule has 1 aliphatic rings. The van der Waals surface area contributed by atoms with Crippen LogP contribution in [0, 0.1) is 10.1 Å². The normalized spacial score (nSPS) is 18.0. The lowest BCUT2D eigenvalue weighted by Crippen LogP contribution is -2.33. The van der Waals surface area contributed by atoms with Crippen LogP contribution in [0.3, 0.4) is 0 Å². The maximum atomic E-state index is 11.0.